The second-order valence-corrected chi connectivity index (χ2v) is 6.80. The van der Waals surface area contributed by atoms with Crippen molar-refractivity contribution in [1.29, 1.82) is 0 Å². The Hall–Kier alpha value is -0.920. The van der Waals surface area contributed by atoms with Crippen LogP contribution in [0.3, 0.4) is 0 Å². The number of carbonyl (C=O) groups excluding carboxylic acids is 1. The molecular weight excluding hydrogens is 357 g/mol. The highest BCUT2D eigenvalue weighted by Crippen LogP contribution is 2.25. The van der Waals surface area contributed by atoms with Crippen molar-refractivity contribution in [2.75, 3.05) is 26.3 Å². The smallest absolute Gasteiger partial charge is 0.221 e. The number of morpholine rings is 1. The maximum atomic E-state index is 11.9. The number of amides is 1. The summed E-state index contributed by atoms with van der Waals surface area (Å²) in [5.74, 6) is 0.0483. The van der Waals surface area contributed by atoms with Gasteiger partial charge in [0.2, 0.25) is 5.91 Å². The van der Waals surface area contributed by atoms with E-state index >= 15 is 0 Å². The quantitative estimate of drug-likeness (QED) is 0.841. The van der Waals surface area contributed by atoms with Crippen LogP contribution in [0.2, 0.25) is 5.02 Å². The highest BCUT2D eigenvalue weighted by Gasteiger charge is 2.16. The number of hydrogen-bond acceptors (Lipinski definition) is 5. The van der Waals surface area contributed by atoms with Crippen molar-refractivity contribution in [3.05, 3.63) is 28.2 Å². The lowest BCUT2D eigenvalue weighted by atomic mass is 10.2. The van der Waals surface area contributed by atoms with Crippen LogP contribution < -0.4 is 10.6 Å². The van der Waals surface area contributed by atoms with Crippen LogP contribution in [-0.2, 0) is 16.0 Å². The van der Waals surface area contributed by atoms with Crippen LogP contribution in [0.25, 0.3) is 10.2 Å². The molecule has 1 atom stereocenters. The molecule has 0 spiro atoms. The van der Waals surface area contributed by atoms with Crippen LogP contribution in [-0.4, -0.2) is 43.2 Å². The molecule has 1 aliphatic rings. The summed E-state index contributed by atoms with van der Waals surface area (Å²) in [6, 6.07) is 5.84. The molecule has 5 nitrogen and oxygen atoms in total. The molecule has 0 radical (unpaired) electrons. The molecule has 0 bridgehead atoms. The van der Waals surface area contributed by atoms with E-state index in [2.05, 4.69) is 15.6 Å². The van der Waals surface area contributed by atoms with Crippen molar-refractivity contribution < 1.29 is 9.53 Å². The number of benzene rings is 1. The zero-order valence-electron chi connectivity index (χ0n) is 12.5. The fraction of sp³-hybridized carbons (Fsp3) is 0.467. The molecule has 0 aliphatic carbocycles. The maximum Gasteiger partial charge on any atom is 0.221 e. The van der Waals surface area contributed by atoms with Crippen LogP contribution >= 0.6 is 35.3 Å². The van der Waals surface area contributed by atoms with Gasteiger partial charge in [-0.2, -0.15) is 0 Å². The van der Waals surface area contributed by atoms with Crippen LogP contribution in [0.4, 0.5) is 0 Å². The van der Waals surface area contributed by atoms with E-state index < -0.39 is 0 Å². The van der Waals surface area contributed by atoms with Gasteiger partial charge >= 0.3 is 0 Å². The molecule has 1 saturated heterocycles. The van der Waals surface area contributed by atoms with E-state index in [1.54, 1.807) is 11.3 Å². The first-order valence-corrected chi connectivity index (χ1v) is 8.53. The zero-order valence-corrected chi connectivity index (χ0v) is 14.9. The van der Waals surface area contributed by atoms with E-state index in [0.717, 1.165) is 34.8 Å². The van der Waals surface area contributed by atoms with Crippen molar-refractivity contribution >= 4 is 51.5 Å². The molecular formula is C15H19Cl2N3O2S. The first kappa shape index (κ1) is 18.4. The van der Waals surface area contributed by atoms with Crippen molar-refractivity contribution in [3.63, 3.8) is 0 Å². The molecule has 1 aromatic heterocycles. The Balaban J connectivity index is 0.00000192. The number of hydrogen-bond donors (Lipinski definition) is 2. The maximum absolute atomic E-state index is 11.9. The summed E-state index contributed by atoms with van der Waals surface area (Å²) in [4.78, 5) is 16.4. The molecule has 1 aromatic carbocycles. The number of rotatable bonds is 5. The number of nitrogens with zero attached hydrogens (tertiary/aromatic N) is 1. The normalized spacial score (nSPS) is 17.7. The summed E-state index contributed by atoms with van der Waals surface area (Å²) in [5, 5.41) is 7.92. The van der Waals surface area contributed by atoms with E-state index in [4.69, 9.17) is 16.3 Å². The Morgan fingerprint density at radius 1 is 1.52 bits per heavy atom. The van der Waals surface area contributed by atoms with Gasteiger partial charge in [0.1, 0.15) is 0 Å². The van der Waals surface area contributed by atoms with Gasteiger partial charge in [-0.3, -0.25) is 4.79 Å². The summed E-state index contributed by atoms with van der Waals surface area (Å²) in [6.45, 7) is 2.73. The molecule has 1 aliphatic heterocycles. The predicted octanol–water partition coefficient (Wildman–Crippen LogP) is 2.41. The minimum absolute atomic E-state index is 0. The first-order valence-electron chi connectivity index (χ1n) is 7.33. The number of fused-ring (bicyclic) bond motifs is 1. The Morgan fingerprint density at radius 2 is 2.39 bits per heavy atom. The Morgan fingerprint density at radius 3 is 3.17 bits per heavy atom. The van der Waals surface area contributed by atoms with E-state index in [1.807, 2.05) is 18.2 Å². The topological polar surface area (TPSA) is 63.2 Å². The van der Waals surface area contributed by atoms with Crippen molar-refractivity contribution in [2.24, 2.45) is 0 Å². The molecule has 23 heavy (non-hydrogen) atoms. The second-order valence-electron chi connectivity index (χ2n) is 5.25. The molecule has 2 aromatic rings. The highest BCUT2D eigenvalue weighted by atomic mass is 35.5. The van der Waals surface area contributed by atoms with Crippen molar-refractivity contribution in [3.8, 4) is 0 Å². The number of nitrogens with one attached hydrogen (secondary N) is 2. The minimum atomic E-state index is 0. The number of carbonyl (C=O) groups is 1. The van der Waals surface area contributed by atoms with E-state index in [-0.39, 0.29) is 24.4 Å². The minimum Gasteiger partial charge on any atom is -0.378 e. The molecule has 2 heterocycles. The van der Waals surface area contributed by atoms with E-state index in [0.29, 0.717) is 24.6 Å². The first-order chi connectivity index (χ1) is 10.7. The Kier molecular flexibility index (Phi) is 7.05. The third kappa shape index (κ3) is 5.29. The molecule has 8 heteroatoms. The lowest BCUT2D eigenvalue weighted by molar-refractivity contribution is -0.122. The van der Waals surface area contributed by atoms with Gasteiger partial charge in [0.25, 0.3) is 0 Å². The number of halogens is 2. The van der Waals surface area contributed by atoms with Gasteiger partial charge in [-0.25, -0.2) is 4.98 Å². The standard InChI is InChI=1S/C15H18ClN3O2S.ClH/c16-10-1-2-13-12(7-10)19-15(22-13)3-4-18-14(20)8-11-9-21-6-5-17-11;/h1-2,7,11,17H,3-6,8-9H2,(H,18,20);1H. The number of thiazole rings is 1. The number of ether oxygens (including phenoxy) is 1. The third-order valence-electron chi connectivity index (χ3n) is 3.49. The Bertz CT molecular complexity index is 659. The molecule has 1 unspecified atom stereocenters. The van der Waals surface area contributed by atoms with E-state index in [1.165, 1.54) is 0 Å². The average Bonchev–Trinajstić information content (AvgIpc) is 2.90. The number of aromatic nitrogens is 1. The van der Waals surface area contributed by atoms with Gasteiger partial charge in [-0.05, 0) is 18.2 Å². The van der Waals surface area contributed by atoms with Gasteiger partial charge in [-0.1, -0.05) is 11.6 Å². The summed E-state index contributed by atoms with van der Waals surface area (Å²) >= 11 is 7.60. The Labute approximate surface area is 150 Å². The van der Waals surface area contributed by atoms with Crippen LogP contribution in [0.1, 0.15) is 11.4 Å². The monoisotopic (exact) mass is 375 g/mol. The zero-order chi connectivity index (χ0) is 15.4. The predicted molar refractivity (Wildman–Crippen MR) is 95.8 cm³/mol. The lowest BCUT2D eigenvalue weighted by Gasteiger charge is -2.23. The molecule has 0 saturated carbocycles. The lowest BCUT2D eigenvalue weighted by Crippen LogP contribution is -2.44. The van der Waals surface area contributed by atoms with Gasteiger partial charge in [0.15, 0.2) is 0 Å². The summed E-state index contributed by atoms with van der Waals surface area (Å²) in [6.07, 6.45) is 1.19. The molecule has 2 N–H and O–H groups in total. The highest BCUT2D eigenvalue weighted by molar-refractivity contribution is 7.18. The van der Waals surface area contributed by atoms with Gasteiger partial charge in [-0.15, -0.1) is 23.7 Å². The SMILES string of the molecule is Cl.O=C(CC1COCCN1)NCCc1nc2cc(Cl)ccc2s1. The second kappa shape index (κ2) is 8.80. The van der Waals surface area contributed by atoms with E-state index in [9.17, 15) is 4.79 Å². The van der Waals surface area contributed by atoms with Gasteiger partial charge < -0.3 is 15.4 Å². The molecule has 3 rings (SSSR count). The third-order valence-corrected chi connectivity index (χ3v) is 4.82. The van der Waals surface area contributed by atoms with Crippen LogP contribution in [0.5, 0.6) is 0 Å². The van der Waals surface area contributed by atoms with Crippen LogP contribution in [0, 0.1) is 0 Å². The van der Waals surface area contributed by atoms with Gasteiger partial charge in [0.05, 0.1) is 28.4 Å². The van der Waals surface area contributed by atoms with Crippen molar-refractivity contribution in [2.45, 2.75) is 18.9 Å². The largest absolute Gasteiger partial charge is 0.378 e. The molecule has 1 fully saturated rings. The van der Waals surface area contributed by atoms with Crippen LogP contribution in [0.15, 0.2) is 18.2 Å². The fourth-order valence-electron chi connectivity index (χ4n) is 2.41. The van der Waals surface area contributed by atoms with Crippen molar-refractivity contribution in [1.82, 2.24) is 15.6 Å². The fourth-order valence-corrected chi connectivity index (χ4v) is 3.52. The molecule has 126 valence electrons. The summed E-state index contributed by atoms with van der Waals surface area (Å²) < 4.78 is 6.46. The summed E-state index contributed by atoms with van der Waals surface area (Å²) in [5.41, 5.74) is 0.919. The average molecular weight is 376 g/mol. The molecule has 1 amide bonds. The van der Waals surface area contributed by atoms with Gasteiger partial charge in [0, 0.05) is 37.0 Å². The summed E-state index contributed by atoms with van der Waals surface area (Å²) in [7, 11) is 0.